The predicted molar refractivity (Wildman–Crippen MR) is 192 cm³/mol. The molecular formula is C38H55ClO4S2. The van der Waals surface area contributed by atoms with Gasteiger partial charge in [0.15, 0.2) is 0 Å². The molecule has 0 bridgehead atoms. The van der Waals surface area contributed by atoms with Crippen LogP contribution in [0.5, 0.6) is 0 Å². The second-order valence-electron chi connectivity index (χ2n) is 12.8. The fraction of sp³-hybridized carbons (Fsp3) is 0.737. The molecule has 0 saturated heterocycles. The van der Waals surface area contributed by atoms with Crippen molar-refractivity contribution in [3.05, 3.63) is 25.3 Å². The van der Waals surface area contributed by atoms with Gasteiger partial charge in [0, 0.05) is 51.7 Å². The fourth-order valence-electron chi connectivity index (χ4n) is 6.34. The van der Waals surface area contributed by atoms with Crippen LogP contribution in [-0.2, 0) is 19.1 Å². The minimum Gasteiger partial charge on any atom is -0.463 e. The number of hydrogen-bond acceptors (Lipinski definition) is 6. The van der Waals surface area contributed by atoms with E-state index < -0.39 is 0 Å². The topological polar surface area (TPSA) is 52.6 Å². The van der Waals surface area contributed by atoms with E-state index in [4.69, 9.17) is 21.1 Å². The molecule has 250 valence electrons. The number of carbonyl (C=O) groups is 2. The lowest BCUT2D eigenvalue weighted by Crippen LogP contribution is -2.24. The molecule has 0 N–H and O–H groups in total. The Morgan fingerprint density at radius 3 is 1.53 bits per heavy atom. The van der Waals surface area contributed by atoms with Crippen LogP contribution >= 0.6 is 35.1 Å². The first kappa shape index (κ1) is 38.0. The number of thioether (sulfide) groups is 2. The lowest BCUT2D eigenvalue weighted by molar-refractivity contribution is -0.138. The van der Waals surface area contributed by atoms with E-state index in [1.165, 1.54) is 87.9 Å². The van der Waals surface area contributed by atoms with Crippen LogP contribution in [0.1, 0.15) is 109 Å². The van der Waals surface area contributed by atoms with Gasteiger partial charge in [0.25, 0.3) is 0 Å². The van der Waals surface area contributed by atoms with Crippen molar-refractivity contribution in [2.45, 2.75) is 125 Å². The third kappa shape index (κ3) is 16.3. The van der Waals surface area contributed by atoms with Crippen LogP contribution in [0.2, 0.25) is 0 Å². The number of esters is 2. The Bertz CT molecular complexity index is 1020. The van der Waals surface area contributed by atoms with Crippen molar-refractivity contribution >= 4 is 47.1 Å². The van der Waals surface area contributed by atoms with E-state index in [1.54, 1.807) is 0 Å². The summed E-state index contributed by atoms with van der Waals surface area (Å²) in [7, 11) is 0. The first-order valence-corrected chi connectivity index (χ1v) is 20.0. The Balaban J connectivity index is 1.21. The standard InChI is InChI=1S/C38H55ClO4S2/c1-3-37(40)42-25-7-5-9-27-44-34-21-15-30(16-22-34)11-12-32-14-20-33(36(39)29-32)19-13-31-17-23-35(24-18-31)45-28-10-6-8-26-43-38(41)4-2/h3-4,30-36H,1-2,5-10,14-18,20-29H2. The van der Waals surface area contributed by atoms with Gasteiger partial charge < -0.3 is 9.47 Å². The van der Waals surface area contributed by atoms with Crippen LogP contribution in [0.25, 0.3) is 0 Å². The Hall–Kier alpha value is -1.47. The van der Waals surface area contributed by atoms with Gasteiger partial charge in [-0.25, -0.2) is 9.59 Å². The highest BCUT2D eigenvalue weighted by Gasteiger charge is 2.28. The highest BCUT2D eigenvalue weighted by Crippen LogP contribution is 2.36. The van der Waals surface area contributed by atoms with Crippen molar-refractivity contribution in [2.75, 3.05) is 24.7 Å². The van der Waals surface area contributed by atoms with Crippen molar-refractivity contribution in [1.82, 2.24) is 0 Å². The molecule has 3 atom stereocenters. The molecule has 4 nitrogen and oxygen atoms in total. The van der Waals surface area contributed by atoms with Crippen LogP contribution < -0.4 is 0 Å². The molecule has 3 aliphatic rings. The van der Waals surface area contributed by atoms with Crippen molar-refractivity contribution in [2.24, 2.45) is 23.7 Å². The summed E-state index contributed by atoms with van der Waals surface area (Å²) < 4.78 is 10.1. The number of alkyl halides is 1. The van der Waals surface area contributed by atoms with E-state index in [9.17, 15) is 9.59 Å². The molecule has 0 aromatic heterocycles. The number of ether oxygens (including phenoxy) is 2. The van der Waals surface area contributed by atoms with Crippen LogP contribution in [0, 0.1) is 47.4 Å². The van der Waals surface area contributed by atoms with E-state index in [0.29, 0.717) is 36.9 Å². The van der Waals surface area contributed by atoms with E-state index >= 15 is 0 Å². The fourth-order valence-corrected chi connectivity index (χ4v) is 9.37. The van der Waals surface area contributed by atoms with Gasteiger partial charge in [-0.3, -0.25) is 0 Å². The molecule has 0 spiro atoms. The maximum absolute atomic E-state index is 11.1. The first-order chi connectivity index (χ1) is 22.0. The predicted octanol–water partition coefficient (Wildman–Crippen LogP) is 9.40. The minimum absolute atomic E-state index is 0.124. The van der Waals surface area contributed by atoms with Crippen molar-refractivity contribution < 1.29 is 19.1 Å². The average molecular weight is 675 g/mol. The van der Waals surface area contributed by atoms with Gasteiger partial charge in [-0.2, -0.15) is 23.5 Å². The van der Waals surface area contributed by atoms with Gasteiger partial charge in [0.05, 0.1) is 13.2 Å². The van der Waals surface area contributed by atoms with Gasteiger partial charge in [-0.1, -0.05) is 36.8 Å². The first-order valence-electron chi connectivity index (χ1n) is 17.4. The Morgan fingerprint density at radius 2 is 1.07 bits per heavy atom. The summed E-state index contributed by atoms with van der Waals surface area (Å²) in [6.45, 7) is 7.84. The molecule has 3 rings (SSSR count). The lowest BCUT2D eigenvalue weighted by atomic mass is 9.80. The summed E-state index contributed by atoms with van der Waals surface area (Å²) >= 11 is 11.1. The Labute approximate surface area is 287 Å². The molecule has 0 aromatic carbocycles. The zero-order chi connectivity index (χ0) is 32.1. The number of hydrogen-bond donors (Lipinski definition) is 0. The summed E-state index contributed by atoms with van der Waals surface area (Å²) in [5.74, 6) is 18.1. The second kappa shape index (κ2) is 23.0. The Kier molecular flexibility index (Phi) is 19.4. The van der Waals surface area contributed by atoms with E-state index in [1.807, 2.05) is 0 Å². The summed E-state index contributed by atoms with van der Waals surface area (Å²) in [6, 6.07) is 0. The molecule has 3 unspecified atom stereocenters. The van der Waals surface area contributed by atoms with E-state index in [2.05, 4.69) is 60.4 Å². The van der Waals surface area contributed by atoms with Crippen LogP contribution in [0.4, 0.5) is 0 Å². The van der Waals surface area contributed by atoms with Gasteiger partial charge in [-0.15, -0.1) is 11.6 Å². The van der Waals surface area contributed by atoms with Crippen LogP contribution in [0.15, 0.2) is 25.3 Å². The normalized spacial score (nSPS) is 28.0. The summed E-state index contributed by atoms with van der Waals surface area (Å²) in [4.78, 5) is 22.1. The zero-order valence-corrected chi connectivity index (χ0v) is 29.7. The molecular weight excluding hydrogens is 620 g/mol. The second-order valence-corrected chi connectivity index (χ2v) is 16.1. The minimum atomic E-state index is -0.324. The molecule has 0 heterocycles. The highest BCUT2D eigenvalue weighted by atomic mass is 35.5. The molecule has 0 aliphatic heterocycles. The maximum Gasteiger partial charge on any atom is 0.330 e. The quantitative estimate of drug-likeness (QED) is 0.0535. The van der Waals surface area contributed by atoms with Gasteiger partial charge >= 0.3 is 11.9 Å². The lowest BCUT2D eigenvalue weighted by Gasteiger charge is -2.28. The number of unbranched alkanes of at least 4 members (excludes halogenated alkanes) is 4. The molecule has 0 amide bonds. The Morgan fingerprint density at radius 1 is 0.622 bits per heavy atom. The highest BCUT2D eigenvalue weighted by molar-refractivity contribution is 8.00. The molecule has 3 aliphatic carbocycles. The zero-order valence-electron chi connectivity index (χ0n) is 27.3. The monoisotopic (exact) mass is 674 g/mol. The summed E-state index contributed by atoms with van der Waals surface area (Å²) in [6.07, 6.45) is 22.1. The molecule has 3 saturated carbocycles. The number of carbonyl (C=O) groups excluding carboxylic acids is 2. The summed E-state index contributed by atoms with van der Waals surface area (Å²) in [5, 5.41) is 1.66. The number of rotatable bonds is 16. The third-order valence-electron chi connectivity index (χ3n) is 9.19. The maximum atomic E-state index is 11.1. The van der Waals surface area contributed by atoms with Crippen molar-refractivity contribution in [1.29, 1.82) is 0 Å². The van der Waals surface area contributed by atoms with Gasteiger partial charge in [-0.05, 0) is 121 Å². The summed E-state index contributed by atoms with van der Waals surface area (Å²) in [5.41, 5.74) is 0. The van der Waals surface area contributed by atoms with Crippen LogP contribution in [0.3, 0.4) is 0 Å². The molecule has 7 heteroatoms. The molecule has 3 fully saturated rings. The van der Waals surface area contributed by atoms with Gasteiger partial charge in [0.1, 0.15) is 0 Å². The van der Waals surface area contributed by atoms with E-state index in [-0.39, 0.29) is 17.3 Å². The average Bonchev–Trinajstić information content (AvgIpc) is 3.06. The van der Waals surface area contributed by atoms with E-state index in [0.717, 1.165) is 55.4 Å². The SMILES string of the molecule is C=CC(=O)OCCCCCSC1CCC(C#CC2CCC(C#CC3CCC(SCCCCCOC(=O)C=C)CC3)C(Cl)C2)CC1. The molecule has 0 aromatic rings. The smallest absolute Gasteiger partial charge is 0.330 e. The van der Waals surface area contributed by atoms with Crippen molar-refractivity contribution in [3.8, 4) is 23.7 Å². The number of halogens is 1. The van der Waals surface area contributed by atoms with Crippen molar-refractivity contribution in [3.63, 3.8) is 0 Å². The molecule has 0 radical (unpaired) electrons. The van der Waals surface area contributed by atoms with Crippen LogP contribution in [-0.4, -0.2) is 52.5 Å². The largest absolute Gasteiger partial charge is 0.463 e. The molecule has 45 heavy (non-hydrogen) atoms. The third-order valence-corrected chi connectivity index (χ3v) is 12.6. The van der Waals surface area contributed by atoms with Gasteiger partial charge in [0.2, 0.25) is 0 Å².